The van der Waals surface area contributed by atoms with Gasteiger partial charge < -0.3 is 0 Å². The number of hydrogen-bond acceptors (Lipinski definition) is 4. The summed E-state index contributed by atoms with van der Waals surface area (Å²) in [6.07, 6.45) is -5.77. The zero-order valence-electron chi connectivity index (χ0n) is 6.12. The van der Waals surface area contributed by atoms with Gasteiger partial charge in [-0.25, -0.2) is 0 Å². The van der Waals surface area contributed by atoms with E-state index in [1.807, 2.05) is 0 Å². The monoisotopic (exact) mass is 320 g/mol. The highest BCUT2D eigenvalue weighted by Crippen LogP contribution is 2.59. The number of alkyl halides is 1. The lowest BCUT2D eigenvalue weighted by molar-refractivity contribution is -0.121. The zero-order chi connectivity index (χ0) is 11.5. The lowest BCUT2D eigenvalue weighted by Gasteiger charge is -2.15. The Kier molecular flexibility index (Phi) is 6.31. The van der Waals surface area contributed by atoms with Crippen LogP contribution in [0, 0.1) is 0 Å². The largest absolute Gasteiger partial charge is 0.380 e. The maximum atomic E-state index is 10.7. The Morgan fingerprint density at radius 1 is 1.14 bits per heavy atom. The van der Waals surface area contributed by atoms with Gasteiger partial charge in [0.25, 0.3) is 5.24 Å². The first-order chi connectivity index (χ1) is 6.15. The van der Waals surface area contributed by atoms with Crippen molar-refractivity contribution in [1.29, 1.82) is 0 Å². The highest BCUT2D eigenvalue weighted by molar-refractivity contribution is 8.05. The van der Waals surface area contributed by atoms with Crippen LogP contribution in [-0.4, -0.2) is 22.0 Å². The number of hydrogen-bond donors (Lipinski definition) is 0. The van der Waals surface area contributed by atoms with Crippen LogP contribution in [0.25, 0.3) is 0 Å². The van der Waals surface area contributed by atoms with Gasteiger partial charge in [0.15, 0.2) is 6.10 Å². The normalized spacial score (nSPS) is 16.1. The summed E-state index contributed by atoms with van der Waals surface area (Å²) >= 11 is 25.3. The molecule has 0 bridgehead atoms. The third-order valence-corrected chi connectivity index (χ3v) is 2.88. The van der Waals surface area contributed by atoms with Crippen LogP contribution in [0.1, 0.15) is 0 Å². The molecule has 0 amide bonds. The fourth-order valence-corrected chi connectivity index (χ4v) is 2.11. The van der Waals surface area contributed by atoms with Gasteiger partial charge in [0.1, 0.15) is 5.38 Å². The second kappa shape index (κ2) is 5.90. The van der Waals surface area contributed by atoms with Gasteiger partial charge in [-0.15, -0.1) is 11.6 Å². The van der Waals surface area contributed by atoms with Crippen LogP contribution in [0.15, 0.2) is 0 Å². The van der Waals surface area contributed by atoms with E-state index in [2.05, 4.69) is 4.52 Å². The van der Waals surface area contributed by atoms with Crippen LogP contribution in [0.5, 0.6) is 0 Å². The Morgan fingerprint density at radius 3 is 1.79 bits per heavy atom. The van der Waals surface area contributed by atoms with E-state index < -0.39 is 28.0 Å². The molecule has 0 aromatic heterocycles. The molecule has 0 saturated heterocycles. The zero-order valence-corrected chi connectivity index (χ0v) is 10.8. The second-order valence-corrected chi connectivity index (χ2v) is 7.39. The van der Waals surface area contributed by atoms with Crippen molar-refractivity contribution < 1.29 is 18.7 Å². The maximum absolute atomic E-state index is 10.7. The average Bonchev–Trinajstić information content (AvgIpc) is 1.96. The van der Waals surface area contributed by atoms with Gasteiger partial charge in [-0.2, -0.15) is 0 Å². The summed E-state index contributed by atoms with van der Waals surface area (Å²) in [5.41, 5.74) is 0. The minimum atomic E-state index is -4.03. The third-order valence-electron chi connectivity index (χ3n) is 0.943. The molecule has 0 spiro atoms. The molecule has 0 aliphatic heterocycles. The van der Waals surface area contributed by atoms with Crippen LogP contribution < -0.4 is 0 Å². The van der Waals surface area contributed by atoms with E-state index in [1.165, 1.54) is 0 Å². The molecule has 0 rings (SSSR count). The Labute approximate surface area is 104 Å². The van der Waals surface area contributed by atoms with Gasteiger partial charge in [-0.1, -0.05) is 0 Å². The first kappa shape index (κ1) is 15.0. The molecule has 0 aromatic rings. The van der Waals surface area contributed by atoms with Gasteiger partial charge in [-0.05, 0) is 45.7 Å². The van der Waals surface area contributed by atoms with E-state index in [9.17, 15) is 14.2 Å². The molecule has 2 atom stereocenters. The quantitative estimate of drug-likeness (QED) is 0.443. The minimum Gasteiger partial charge on any atom is -0.291 e. The molecule has 4 nitrogen and oxygen atoms in total. The molecule has 0 fully saturated rings. The highest BCUT2D eigenvalue weighted by atomic mass is 35.9. The van der Waals surface area contributed by atoms with Gasteiger partial charge in [0.05, 0.1) is 0 Å². The minimum absolute atomic E-state index is 1.10. The molecule has 0 saturated carbocycles. The molecule has 0 unspecified atom stereocenters. The lowest BCUT2D eigenvalue weighted by atomic mass is 10.3. The van der Waals surface area contributed by atoms with Crippen LogP contribution >= 0.6 is 63.4 Å². The summed E-state index contributed by atoms with van der Waals surface area (Å²) in [7, 11) is 0. The second-order valence-electron chi connectivity index (χ2n) is 1.95. The number of rotatable bonds is 5. The van der Waals surface area contributed by atoms with E-state index in [0.29, 0.717) is 0 Å². The molecule has 0 heterocycles. The van der Waals surface area contributed by atoms with E-state index in [4.69, 9.17) is 57.3 Å². The van der Waals surface area contributed by atoms with E-state index in [-0.39, 0.29) is 0 Å². The summed E-state index contributed by atoms with van der Waals surface area (Å²) in [6.45, 7) is 0. The van der Waals surface area contributed by atoms with Crippen LogP contribution in [0.4, 0.5) is 0 Å². The van der Waals surface area contributed by atoms with Crippen molar-refractivity contribution in [3.05, 3.63) is 0 Å². The van der Waals surface area contributed by atoms with Crippen molar-refractivity contribution in [2.24, 2.45) is 0 Å². The standard InChI is InChI=1S/C4H2Cl5O4P/c5-1(3(6)10)2(4(7)11)13-14(8,9)12/h1-2H/t1-,2-/m0/s1. The predicted octanol–water partition coefficient (Wildman–Crippen LogP) is 3.10. The lowest BCUT2D eigenvalue weighted by Crippen LogP contribution is -2.32. The van der Waals surface area contributed by atoms with Crippen molar-refractivity contribution >= 4 is 73.8 Å². The molecule has 0 radical (unpaired) electrons. The van der Waals surface area contributed by atoms with Crippen LogP contribution in [-0.2, 0) is 18.7 Å². The summed E-state index contributed by atoms with van der Waals surface area (Å²) in [6, 6.07) is 0. The van der Waals surface area contributed by atoms with Crippen molar-refractivity contribution in [2.75, 3.05) is 0 Å². The SMILES string of the molecule is O=C(Cl)[C@@H](Cl)[C@H](OP(=O)(Cl)Cl)C(=O)Cl. The van der Waals surface area contributed by atoms with Gasteiger partial charge in [0.2, 0.25) is 5.24 Å². The molecular weight excluding hydrogens is 320 g/mol. The van der Waals surface area contributed by atoms with Gasteiger partial charge in [-0.3, -0.25) is 18.7 Å². The Morgan fingerprint density at radius 2 is 1.57 bits per heavy atom. The number of carbonyl (C=O) groups excluding carboxylic acids is 2. The first-order valence-corrected chi connectivity index (χ1v) is 7.48. The van der Waals surface area contributed by atoms with E-state index >= 15 is 0 Å². The Hall–Kier alpha value is 0.980. The highest BCUT2D eigenvalue weighted by Gasteiger charge is 2.36. The van der Waals surface area contributed by atoms with Crippen molar-refractivity contribution in [2.45, 2.75) is 11.5 Å². The average molecular weight is 322 g/mol. The summed E-state index contributed by atoms with van der Waals surface area (Å²) in [4.78, 5) is 21.2. The maximum Gasteiger partial charge on any atom is 0.380 e. The predicted molar refractivity (Wildman–Crippen MR) is 55.5 cm³/mol. The molecule has 0 aliphatic rings. The molecule has 0 aromatic carbocycles. The first-order valence-electron chi connectivity index (χ1n) is 2.85. The third kappa shape index (κ3) is 5.76. The molecule has 14 heavy (non-hydrogen) atoms. The van der Waals surface area contributed by atoms with E-state index in [0.717, 1.165) is 0 Å². The molecular formula is C4H2Cl5O4P. The number of carbonyl (C=O) groups is 2. The van der Waals surface area contributed by atoms with Crippen LogP contribution in [0.2, 0.25) is 0 Å². The molecule has 82 valence electrons. The topological polar surface area (TPSA) is 60.4 Å². The molecule has 10 heteroatoms. The summed E-state index contributed by atoms with van der Waals surface area (Å²) < 4.78 is 15.0. The fraction of sp³-hybridized carbons (Fsp3) is 0.500. The van der Waals surface area contributed by atoms with Crippen molar-refractivity contribution in [3.63, 3.8) is 0 Å². The molecule has 0 N–H and O–H groups in total. The van der Waals surface area contributed by atoms with Gasteiger partial charge >= 0.3 is 6.07 Å². The van der Waals surface area contributed by atoms with Crippen molar-refractivity contribution in [1.82, 2.24) is 0 Å². The molecule has 0 aliphatic carbocycles. The van der Waals surface area contributed by atoms with Crippen molar-refractivity contribution in [3.8, 4) is 0 Å². The van der Waals surface area contributed by atoms with E-state index in [1.54, 1.807) is 0 Å². The summed E-state index contributed by atoms with van der Waals surface area (Å²) in [5.74, 6) is 0. The summed E-state index contributed by atoms with van der Waals surface area (Å²) in [5, 5.41) is -3.89. The number of halogens is 5. The Balaban J connectivity index is 4.70. The van der Waals surface area contributed by atoms with Crippen LogP contribution in [0.3, 0.4) is 0 Å². The Bertz CT molecular complexity index is 287. The smallest absolute Gasteiger partial charge is 0.291 e. The van der Waals surface area contributed by atoms with Gasteiger partial charge in [0, 0.05) is 0 Å². The fourth-order valence-electron chi connectivity index (χ4n) is 0.461.